The molecule has 1 aromatic rings. The molecule has 1 fully saturated rings. The van der Waals surface area contributed by atoms with E-state index in [-0.39, 0.29) is 0 Å². The van der Waals surface area contributed by atoms with Gasteiger partial charge in [-0.15, -0.1) is 23.5 Å². The van der Waals surface area contributed by atoms with Crippen molar-refractivity contribution in [3.8, 4) is 0 Å². The van der Waals surface area contributed by atoms with E-state index in [4.69, 9.17) is 0 Å². The number of thioether (sulfide) groups is 2. The molecule has 0 unspecified atom stereocenters. The minimum atomic E-state index is 1.07. The third-order valence-electron chi connectivity index (χ3n) is 2.04. The van der Waals surface area contributed by atoms with Gasteiger partial charge in [-0.05, 0) is 30.1 Å². The lowest BCUT2D eigenvalue weighted by Crippen LogP contribution is -2.24. The van der Waals surface area contributed by atoms with Crippen molar-refractivity contribution in [2.24, 2.45) is 0 Å². The lowest BCUT2D eigenvalue weighted by Gasteiger charge is -2.24. The third-order valence-corrected chi connectivity index (χ3v) is 4.19. The third kappa shape index (κ3) is 2.82. The van der Waals surface area contributed by atoms with Gasteiger partial charge < -0.3 is 4.90 Å². The molecule has 0 saturated carbocycles. The van der Waals surface area contributed by atoms with Gasteiger partial charge in [0.25, 0.3) is 0 Å². The van der Waals surface area contributed by atoms with Crippen LogP contribution in [0, 0.1) is 0 Å². The average molecular weight is 226 g/mol. The maximum Gasteiger partial charge on any atom is 0.129 e. The summed E-state index contributed by atoms with van der Waals surface area (Å²) in [7, 11) is 0. The van der Waals surface area contributed by atoms with Gasteiger partial charge in [-0.2, -0.15) is 0 Å². The van der Waals surface area contributed by atoms with E-state index in [0.29, 0.717) is 0 Å². The molecule has 0 radical (unpaired) electrons. The van der Waals surface area contributed by atoms with Crippen LogP contribution in [0.2, 0.25) is 0 Å². The highest BCUT2D eigenvalue weighted by Crippen LogP contribution is 2.21. The first-order chi connectivity index (χ1) is 6.97. The highest BCUT2D eigenvalue weighted by molar-refractivity contribution is 8.00. The lowest BCUT2D eigenvalue weighted by molar-refractivity contribution is 0.996. The topological polar surface area (TPSA) is 16.1 Å². The van der Waals surface area contributed by atoms with Gasteiger partial charge in [0, 0.05) is 6.20 Å². The van der Waals surface area contributed by atoms with Gasteiger partial charge in [-0.1, -0.05) is 6.07 Å². The fraction of sp³-hybridized carbons (Fsp3) is 0.500. The van der Waals surface area contributed by atoms with E-state index < -0.39 is 0 Å². The van der Waals surface area contributed by atoms with Crippen LogP contribution in [-0.2, 0) is 0 Å². The molecule has 0 aliphatic carbocycles. The molecule has 0 aromatic carbocycles. The zero-order valence-corrected chi connectivity index (χ0v) is 9.69. The summed E-state index contributed by atoms with van der Waals surface area (Å²) in [4.78, 5) is 6.72. The monoisotopic (exact) mass is 226 g/mol. The smallest absolute Gasteiger partial charge is 0.129 e. The molecule has 0 amide bonds. The second kappa shape index (κ2) is 5.51. The fourth-order valence-corrected chi connectivity index (χ4v) is 3.46. The van der Waals surface area contributed by atoms with E-state index in [1.54, 1.807) is 0 Å². The Kier molecular flexibility index (Phi) is 4.01. The second-order valence-electron chi connectivity index (χ2n) is 3.16. The molecule has 14 heavy (non-hydrogen) atoms. The molecule has 0 N–H and O–H groups in total. The van der Waals surface area contributed by atoms with Crippen molar-refractivity contribution in [3.05, 3.63) is 24.4 Å². The summed E-state index contributed by atoms with van der Waals surface area (Å²) in [5, 5.41) is 0. The molecule has 2 rings (SSSR count). The summed E-state index contributed by atoms with van der Waals surface area (Å²) >= 11 is 4.01. The van der Waals surface area contributed by atoms with Gasteiger partial charge in [0.2, 0.25) is 0 Å². The number of hydrogen-bond acceptors (Lipinski definition) is 4. The first kappa shape index (κ1) is 10.2. The Morgan fingerprint density at radius 2 is 1.93 bits per heavy atom. The largest absolute Gasteiger partial charge is 0.338 e. The van der Waals surface area contributed by atoms with Crippen molar-refractivity contribution in [2.75, 3.05) is 28.2 Å². The molecule has 1 aromatic heterocycles. The number of nitrogens with zero attached hydrogens (tertiary/aromatic N) is 2. The molecule has 1 aliphatic heterocycles. The van der Waals surface area contributed by atoms with Crippen LogP contribution in [0.3, 0.4) is 0 Å². The van der Waals surface area contributed by atoms with Crippen LogP contribution >= 0.6 is 23.5 Å². The van der Waals surface area contributed by atoms with Gasteiger partial charge in [0.1, 0.15) is 5.82 Å². The predicted octanol–water partition coefficient (Wildman–Crippen LogP) is 2.67. The highest BCUT2D eigenvalue weighted by Gasteiger charge is 2.09. The molecule has 4 heteroatoms. The molecule has 2 nitrogen and oxygen atoms in total. The fourth-order valence-electron chi connectivity index (χ4n) is 1.32. The van der Waals surface area contributed by atoms with E-state index in [1.807, 2.05) is 35.8 Å². The summed E-state index contributed by atoms with van der Waals surface area (Å²) in [6.45, 7) is 0. The predicted molar refractivity (Wildman–Crippen MR) is 66.0 cm³/mol. The maximum atomic E-state index is 4.37. The Morgan fingerprint density at radius 3 is 2.57 bits per heavy atom. The first-order valence-electron chi connectivity index (χ1n) is 4.78. The SMILES string of the molecule is c1ccc(N2CSCCCSC2)nc1. The molecule has 0 bridgehead atoms. The van der Waals surface area contributed by atoms with Gasteiger partial charge >= 0.3 is 0 Å². The van der Waals surface area contributed by atoms with E-state index in [9.17, 15) is 0 Å². The van der Waals surface area contributed by atoms with E-state index >= 15 is 0 Å². The number of aromatic nitrogens is 1. The van der Waals surface area contributed by atoms with Crippen LogP contribution in [0.25, 0.3) is 0 Å². The number of rotatable bonds is 1. The zero-order chi connectivity index (χ0) is 9.64. The molecule has 0 atom stereocenters. The van der Waals surface area contributed by atoms with Crippen LogP contribution in [0.1, 0.15) is 6.42 Å². The Hall–Kier alpha value is -0.350. The Bertz CT molecular complexity index is 258. The molecular weight excluding hydrogens is 212 g/mol. The van der Waals surface area contributed by atoms with Crippen LogP contribution in [-0.4, -0.2) is 28.2 Å². The molecule has 76 valence electrons. The van der Waals surface area contributed by atoms with Crippen molar-refractivity contribution < 1.29 is 0 Å². The minimum absolute atomic E-state index is 1.07. The van der Waals surface area contributed by atoms with Gasteiger partial charge in [-0.3, -0.25) is 0 Å². The van der Waals surface area contributed by atoms with Gasteiger partial charge in [-0.25, -0.2) is 4.98 Å². The van der Waals surface area contributed by atoms with E-state index in [2.05, 4.69) is 22.0 Å². The summed E-state index contributed by atoms with van der Waals surface area (Å²) in [6.07, 6.45) is 3.20. The molecule has 0 spiro atoms. The summed E-state index contributed by atoms with van der Waals surface area (Å²) in [5.41, 5.74) is 0. The van der Waals surface area contributed by atoms with E-state index in [1.165, 1.54) is 17.9 Å². The van der Waals surface area contributed by atoms with Crippen LogP contribution in [0.5, 0.6) is 0 Å². The highest BCUT2D eigenvalue weighted by atomic mass is 32.2. The standard InChI is InChI=1S/C10H14N2S2/c1-2-5-11-10(4-1)12-8-13-6-3-7-14-9-12/h1-2,4-5H,3,6-9H2. The Balaban J connectivity index is 2.01. The molecule has 1 saturated heterocycles. The summed E-state index contributed by atoms with van der Waals surface area (Å²) in [5.74, 6) is 5.80. The normalized spacial score (nSPS) is 18.7. The molecule has 2 heterocycles. The molecule has 1 aliphatic rings. The van der Waals surface area contributed by atoms with Crippen molar-refractivity contribution in [1.82, 2.24) is 4.98 Å². The van der Waals surface area contributed by atoms with Crippen molar-refractivity contribution in [1.29, 1.82) is 0 Å². The Labute approximate surface area is 93.5 Å². The van der Waals surface area contributed by atoms with Crippen molar-refractivity contribution in [3.63, 3.8) is 0 Å². The number of anilines is 1. The van der Waals surface area contributed by atoms with Crippen LogP contribution in [0.4, 0.5) is 5.82 Å². The zero-order valence-electron chi connectivity index (χ0n) is 8.06. The maximum absolute atomic E-state index is 4.37. The molecular formula is C10H14N2S2. The van der Waals surface area contributed by atoms with Gasteiger partial charge in [0.05, 0.1) is 11.8 Å². The number of pyridine rings is 1. The average Bonchev–Trinajstić information content (AvgIpc) is 2.18. The second-order valence-corrected chi connectivity index (χ2v) is 5.31. The van der Waals surface area contributed by atoms with Gasteiger partial charge in [0.15, 0.2) is 0 Å². The quantitative estimate of drug-likeness (QED) is 0.731. The minimum Gasteiger partial charge on any atom is -0.338 e. The Morgan fingerprint density at radius 1 is 1.14 bits per heavy atom. The van der Waals surface area contributed by atoms with Crippen molar-refractivity contribution in [2.45, 2.75) is 6.42 Å². The summed E-state index contributed by atoms with van der Waals surface area (Å²) < 4.78 is 0. The van der Waals surface area contributed by atoms with E-state index in [0.717, 1.165) is 17.6 Å². The van der Waals surface area contributed by atoms with Crippen LogP contribution < -0.4 is 4.90 Å². The first-order valence-corrected chi connectivity index (χ1v) is 7.09. The summed E-state index contributed by atoms with van der Waals surface area (Å²) in [6, 6.07) is 6.10. The van der Waals surface area contributed by atoms with Crippen molar-refractivity contribution >= 4 is 29.3 Å². The lowest BCUT2D eigenvalue weighted by atomic mass is 10.4. The number of hydrogen-bond donors (Lipinski definition) is 0. The van der Waals surface area contributed by atoms with Crippen LogP contribution in [0.15, 0.2) is 24.4 Å².